The number of aromatic nitrogens is 2. The molecule has 2 aromatic rings. The van der Waals surface area contributed by atoms with Gasteiger partial charge in [-0.25, -0.2) is 9.78 Å². The highest BCUT2D eigenvalue weighted by molar-refractivity contribution is 6.29. The van der Waals surface area contributed by atoms with Gasteiger partial charge in [0, 0.05) is 12.2 Å². The average Bonchev–Trinajstić information content (AvgIpc) is 3.06. The SMILES string of the molecule is COc1ccc(-n2cc(Cl)nc(N3CCCC3C(=O)O)c2=O)cc1. The van der Waals surface area contributed by atoms with Crippen molar-refractivity contribution in [3.8, 4) is 11.4 Å². The van der Waals surface area contributed by atoms with E-state index in [0.717, 1.165) is 0 Å². The Morgan fingerprint density at radius 2 is 2.08 bits per heavy atom. The first-order valence-corrected chi connectivity index (χ1v) is 7.82. The number of carbonyl (C=O) groups is 1. The molecule has 1 aromatic carbocycles. The lowest BCUT2D eigenvalue weighted by molar-refractivity contribution is -0.138. The Hall–Kier alpha value is -2.54. The summed E-state index contributed by atoms with van der Waals surface area (Å²) in [5, 5.41) is 9.45. The number of halogens is 1. The van der Waals surface area contributed by atoms with Crippen LogP contribution in [0.2, 0.25) is 5.15 Å². The van der Waals surface area contributed by atoms with E-state index in [2.05, 4.69) is 4.98 Å². The molecule has 0 spiro atoms. The Labute approximate surface area is 143 Å². The Morgan fingerprint density at radius 1 is 1.38 bits per heavy atom. The summed E-state index contributed by atoms with van der Waals surface area (Å²) in [6.45, 7) is 0.460. The zero-order chi connectivity index (χ0) is 17.3. The van der Waals surface area contributed by atoms with Crippen LogP contribution >= 0.6 is 11.6 Å². The number of hydrogen-bond donors (Lipinski definition) is 1. The maximum atomic E-state index is 12.8. The summed E-state index contributed by atoms with van der Waals surface area (Å²) in [4.78, 5) is 29.8. The Kier molecular flexibility index (Phi) is 4.44. The molecule has 1 aromatic heterocycles. The lowest BCUT2D eigenvalue weighted by Crippen LogP contribution is -2.40. The van der Waals surface area contributed by atoms with Gasteiger partial charge in [-0.2, -0.15) is 0 Å². The van der Waals surface area contributed by atoms with Gasteiger partial charge < -0.3 is 14.7 Å². The molecule has 1 N–H and O–H groups in total. The van der Waals surface area contributed by atoms with E-state index < -0.39 is 17.6 Å². The van der Waals surface area contributed by atoms with Gasteiger partial charge in [0.25, 0.3) is 5.56 Å². The van der Waals surface area contributed by atoms with E-state index >= 15 is 0 Å². The Morgan fingerprint density at radius 3 is 2.71 bits per heavy atom. The van der Waals surface area contributed by atoms with Crippen molar-refractivity contribution in [2.45, 2.75) is 18.9 Å². The molecule has 8 heteroatoms. The van der Waals surface area contributed by atoms with Gasteiger partial charge in [0.1, 0.15) is 16.9 Å². The minimum absolute atomic E-state index is 0.0585. The number of nitrogens with zero attached hydrogens (tertiary/aromatic N) is 3. The predicted molar refractivity (Wildman–Crippen MR) is 89.4 cm³/mol. The van der Waals surface area contributed by atoms with Crippen LogP contribution in [0.5, 0.6) is 5.75 Å². The normalized spacial score (nSPS) is 17.1. The number of methoxy groups -OCH3 is 1. The number of ether oxygens (including phenoxy) is 1. The molecule has 1 fully saturated rings. The Bertz CT molecular complexity index is 819. The maximum absolute atomic E-state index is 12.8. The summed E-state index contributed by atoms with van der Waals surface area (Å²) in [6.07, 6.45) is 2.58. The van der Waals surface area contributed by atoms with Crippen LogP contribution in [0, 0.1) is 0 Å². The van der Waals surface area contributed by atoms with Gasteiger partial charge in [-0.15, -0.1) is 0 Å². The fourth-order valence-electron chi connectivity index (χ4n) is 2.85. The fourth-order valence-corrected chi connectivity index (χ4v) is 3.03. The van der Waals surface area contributed by atoms with E-state index in [0.29, 0.717) is 30.8 Å². The van der Waals surface area contributed by atoms with Gasteiger partial charge in [-0.1, -0.05) is 11.6 Å². The summed E-state index contributed by atoms with van der Waals surface area (Å²) in [5.74, 6) is -0.245. The monoisotopic (exact) mass is 349 g/mol. The maximum Gasteiger partial charge on any atom is 0.326 e. The minimum atomic E-state index is -0.968. The molecular weight excluding hydrogens is 334 g/mol. The van der Waals surface area contributed by atoms with Crippen LogP contribution in [-0.4, -0.2) is 40.3 Å². The molecule has 1 aliphatic rings. The second-order valence-corrected chi connectivity index (χ2v) is 5.84. The highest BCUT2D eigenvalue weighted by Crippen LogP contribution is 2.23. The summed E-state index contributed by atoms with van der Waals surface area (Å²) in [5.41, 5.74) is 0.190. The highest BCUT2D eigenvalue weighted by atomic mass is 35.5. The van der Waals surface area contributed by atoms with Crippen molar-refractivity contribution in [3.05, 3.63) is 46.0 Å². The van der Waals surface area contributed by atoms with E-state index in [1.807, 2.05) is 0 Å². The number of benzene rings is 1. The summed E-state index contributed by atoms with van der Waals surface area (Å²) in [6, 6.07) is 6.14. The third-order valence-corrected chi connectivity index (χ3v) is 4.20. The smallest absolute Gasteiger partial charge is 0.326 e. The van der Waals surface area contributed by atoms with Crippen molar-refractivity contribution in [1.29, 1.82) is 0 Å². The minimum Gasteiger partial charge on any atom is -0.497 e. The lowest BCUT2D eigenvalue weighted by atomic mass is 10.2. The van der Waals surface area contributed by atoms with Gasteiger partial charge in [0.2, 0.25) is 0 Å². The van der Waals surface area contributed by atoms with Crippen LogP contribution < -0.4 is 15.2 Å². The standard InChI is InChI=1S/C16H16ClN3O4/c1-24-11-6-4-10(5-7-11)20-9-13(17)18-14(15(20)21)19-8-2-3-12(19)16(22)23/h4-7,9,12H,2-3,8H2,1H3,(H,22,23). The molecule has 1 unspecified atom stereocenters. The molecule has 2 heterocycles. The van der Waals surface area contributed by atoms with Crippen LogP contribution in [0.4, 0.5) is 5.82 Å². The van der Waals surface area contributed by atoms with E-state index in [9.17, 15) is 14.7 Å². The van der Waals surface area contributed by atoms with E-state index in [1.165, 1.54) is 15.7 Å². The molecule has 1 aliphatic heterocycles. The number of carboxylic acid groups (broad SMARTS) is 1. The third kappa shape index (κ3) is 2.94. The molecule has 1 saturated heterocycles. The number of carboxylic acids is 1. The first-order chi connectivity index (χ1) is 11.5. The van der Waals surface area contributed by atoms with Gasteiger partial charge in [-0.3, -0.25) is 9.36 Å². The van der Waals surface area contributed by atoms with Crippen LogP contribution in [0.3, 0.4) is 0 Å². The third-order valence-electron chi connectivity index (χ3n) is 4.02. The van der Waals surface area contributed by atoms with Crippen molar-refractivity contribution >= 4 is 23.4 Å². The van der Waals surface area contributed by atoms with Crippen LogP contribution in [-0.2, 0) is 4.79 Å². The molecule has 0 amide bonds. The van der Waals surface area contributed by atoms with Gasteiger partial charge in [0.15, 0.2) is 5.82 Å². The molecule has 0 radical (unpaired) electrons. The number of rotatable bonds is 4. The Balaban J connectivity index is 2.08. The molecule has 0 bridgehead atoms. The number of hydrogen-bond acceptors (Lipinski definition) is 5. The molecule has 1 atom stereocenters. The molecule has 126 valence electrons. The summed E-state index contributed by atoms with van der Waals surface area (Å²) in [7, 11) is 1.56. The quantitative estimate of drug-likeness (QED) is 0.908. The van der Waals surface area contributed by atoms with Gasteiger partial charge in [-0.05, 0) is 37.1 Å². The van der Waals surface area contributed by atoms with Crippen molar-refractivity contribution in [1.82, 2.24) is 9.55 Å². The molecular formula is C16H16ClN3O4. The van der Waals surface area contributed by atoms with Crippen LogP contribution in [0.15, 0.2) is 35.3 Å². The summed E-state index contributed by atoms with van der Waals surface area (Å²) < 4.78 is 6.47. The predicted octanol–water partition coefficient (Wildman–Crippen LogP) is 1.95. The molecule has 0 saturated carbocycles. The van der Waals surface area contributed by atoms with E-state index in [-0.39, 0.29) is 11.0 Å². The first kappa shape index (κ1) is 16.3. The number of aliphatic carboxylic acids is 1. The van der Waals surface area contributed by atoms with Crippen molar-refractivity contribution < 1.29 is 14.6 Å². The fraction of sp³-hybridized carbons (Fsp3) is 0.312. The van der Waals surface area contributed by atoms with Crippen molar-refractivity contribution in [2.75, 3.05) is 18.6 Å². The van der Waals surface area contributed by atoms with Gasteiger partial charge >= 0.3 is 5.97 Å². The largest absolute Gasteiger partial charge is 0.497 e. The number of anilines is 1. The molecule has 3 rings (SSSR count). The zero-order valence-corrected chi connectivity index (χ0v) is 13.7. The first-order valence-electron chi connectivity index (χ1n) is 7.44. The van der Waals surface area contributed by atoms with E-state index in [1.54, 1.807) is 31.4 Å². The zero-order valence-electron chi connectivity index (χ0n) is 13.0. The second kappa shape index (κ2) is 6.52. The van der Waals surface area contributed by atoms with Crippen molar-refractivity contribution in [3.63, 3.8) is 0 Å². The second-order valence-electron chi connectivity index (χ2n) is 5.45. The molecule has 0 aliphatic carbocycles. The molecule has 7 nitrogen and oxygen atoms in total. The van der Waals surface area contributed by atoms with Crippen LogP contribution in [0.1, 0.15) is 12.8 Å². The summed E-state index contributed by atoms with van der Waals surface area (Å²) >= 11 is 6.07. The lowest BCUT2D eigenvalue weighted by Gasteiger charge is -2.22. The van der Waals surface area contributed by atoms with Crippen LogP contribution in [0.25, 0.3) is 5.69 Å². The topological polar surface area (TPSA) is 84.7 Å². The molecule has 24 heavy (non-hydrogen) atoms. The highest BCUT2D eigenvalue weighted by Gasteiger charge is 2.33. The van der Waals surface area contributed by atoms with E-state index in [4.69, 9.17) is 16.3 Å². The van der Waals surface area contributed by atoms with Crippen molar-refractivity contribution in [2.24, 2.45) is 0 Å². The van der Waals surface area contributed by atoms with Gasteiger partial charge in [0.05, 0.1) is 13.3 Å². The average molecular weight is 350 g/mol.